The fourth-order valence-electron chi connectivity index (χ4n) is 3.17. The van der Waals surface area contributed by atoms with Crippen LogP contribution in [0.1, 0.15) is 52.4 Å². The normalized spacial score (nSPS) is 25.5. The number of hydrogen-bond acceptors (Lipinski definition) is 2. The summed E-state index contributed by atoms with van der Waals surface area (Å²) in [4.78, 5) is 0. The van der Waals surface area contributed by atoms with Gasteiger partial charge in [0.05, 0.1) is 0 Å². The van der Waals surface area contributed by atoms with E-state index in [1.54, 1.807) is 0 Å². The maximum absolute atomic E-state index is 9.14. The number of aliphatic hydroxyl groups excluding tert-OH is 1. The second kappa shape index (κ2) is 5.05. The van der Waals surface area contributed by atoms with Gasteiger partial charge in [-0.15, -0.1) is 0 Å². The molecule has 0 amide bonds. The monoisotopic (exact) mass is 225 g/mol. The minimum atomic E-state index is 0.359. The molecule has 2 heteroatoms. The summed E-state index contributed by atoms with van der Waals surface area (Å²) in [5, 5.41) is 12.9. The molecule has 0 bridgehead atoms. The van der Waals surface area contributed by atoms with Gasteiger partial charge in [-0.1, -0.05) is 20.3 Å². The molecule has 0 heterocycles. The minimum absolute atomic E-state index is 0.359. The molecule has 0 aliphatic heterocycles. The Hall–Kier alpha value is -0.0800. The number of aliphatic hydroxyl groups is 1. The van der Waals surface area contributed by atoms with Gasteiger partial charge in [0.15, 0.2) is 0 Å². The van der Waals surface area contributed by atoms with Crippen LogP contribution in [-0.2, 0) is 0 Å². The van der Waals surface area contributed by atoms with Crippen LogP contribution >= 0.6 is 0 Å². The molecule has 2 fully saturated rings. The van der Waals surface area contributed by atoms with Gasteiger partial charge in [0, 0.05) is 19.2 Å². The third-order valence-corrected chi connectivity index (χ3v) is 4.62. The van der Waals surface area contributed by atoms with Crippen LogP contribution in [0.2, 0.25) is 0 Å². The van der Waals surface area contributed by atoms with Gasteiger partial charge in [-0.3, -0.25) is 0 Å². The molecule has 0 saturated heterocycles. The van der Waals surface area contributed by atoms with Crippen molar-refractivity contribution < 1.29 is 5.11 Å². The number of hydrogen-bond donors (Lipinski definition) is 2. The molecule has 16 heavy (non-hydrogen) atoms. The summed E-state index contributed by atoms with van der Waals surface area (Å²) in [6.45, 7) is 6.15. The highest BCUT2D eigenvalue weighted by Crippen LogP contribution is 2.44. The Bertz CT molecular complexity index is 217. The van der Waals surface area contributed by atoms with Crippen LogP contribution in [0.3, 0.4) is 0 Å². The summed E-state index contributed by atoms with van der Waals surface area (Å²) in [5.41, 5.74) is 0.441. The smallest absolute Gasteiger partial charge is 0.0436 e. The van der Waals surface area contributed by atoms with E-state index in [-0.39, 0.29) is 0 Å². The zero-order valence-corrected chi connectivity index (χ0v) is 10.8. The van der Waals surface area contributed by atoms with Gasteiger partial charge in [-0.25, -0.2) is 0 Å². The predicted octanol–water partition coefficient (Wildman–Crippen LogP) is 2.56. The summed E-state index contributed by atoms with van der Waals surface area (Å²) in [6.07, 6.45) is 7.82. The average molecular weight is 225 g/mol. The Morgan fingerprint density at radius 3 is 2.38 bits per heavy atom. The highest BCUT2D eigenvalue weighted by atomic mass is 16.3. The lowest BCUT2D eigenvalue weighted by atomic mass is 9.66. The Labute approximate surface area is 99.8 Å². The minimum Gasteiger partial charge on any atom is -0.396 e. The molecule has 0 aromatic heterocycles. The van der Waals surface area contributed by atoms with Gasteiger partial charge in [0.1, 0.15) is 0 Å². The Balaban J connectivity index is 1.79. The quantitative estimate of drug-likeness (QED) is 0.698. The summed E-state index contributed by atoms with van der Waals surface area (Å²) >= 11 is 0. The molecule has 2 N–H and O–H groups in total. The van der Waals surface area contributed by atoms with Crippen molar-refractivity contribution in [3.63, 3.8) is 0 Å². The molecule has 0 spiro atoms. The highest BCUT2D eigenvalue weighted by molar-refractivity contribution is 4.94. The van der Waals surface area contributed by atoms with Gasteiger partial charge >= 0.3 is 0 Å². The van der Waals surface area contributed by atoms with E-state index < -0.39 is 0 Å². The Morgan fingerprint density at radius 2 is 2.00 bits per heavy atom. The fraction of sp³-hybridized carbons (Fsp3) is 1.00. The lowest BCUT2D eigenvalue weighted by molar-refractivity contribution is 0.0789. The van der Waals surface area contributed by atoms with E-state index in [1.807, 2.05) is 0 Å². The van der Waals surface area contributed by atoms with Crippen LogP contribution in [0.15, 0.2) is 0 Å². The van der Waals surface area contributed by atoms with E-state index in [1.165, 1.54) is 32.1 Å². The van der Waals surface area contributed by atoms with E-state index in [0.717, 1.165) is 30.8 Å². The number of rotatable bonds is 7. The van der Waals surface area contributed by atoms with E-state index in [9.17, 15) is 0 Å². The Kier molecular flexibility index (Phi) is 3.91. The summed E-state index contributed by atoms with van der Waals surface area (Å²) < 4.78 is 0. The molecule has 0 aromatic rings. The van der Waals surface area contributed by atoms with Crippen molar-refractivity contribution in [2.45, 2.75) is 58.4 Å². The maximum Gasteiger partial charge on any atom is 0.0436 e. The van der Waals surface area contributed by atoms with Crippen LogP contribution in [0.5, 0.6) is 0 Å². The standard InChI is InChI=1S/C14H27NO/c1-11(2)13(12-4-5-12)15-10-14(8-9-16)6-3-7-14/h11-13,15-16H,3-10H2,1-2H3. The van der Waals surface area contributed by atoms with Gasteiger partial charge in [-0.2, -0.15) is 0 Å². The molecule has 94 valence electrons. The van der Waals surface area contributed by atoms with Crippen molar-refractivity contribution in [2.75, 3.05) is 13.2 Å². The zero-order chi connectivity index (χ0) is 11.6. The number of nitrogens with one attached hydrogen (secondary N) is 1. The first-order valence-electron chi connectivity index (χ1n) is 7.01. The van der Waals surface area contributed by atoms with Crippen molar-refractivity contribution in [1.82, 2.24) is 5.32 Å². The van der Waals surface area contributed by atoms with Crippen molar-refractivity contribution in [3.05, 3.63) is 0 Å². The van der Waals surface area contributed by atoms with Gasteiger partial charge in [0.25, 0.3) is 0 Å². The van der Waals surface area contributed by atoms with Crippen LogP contribution in [-0.4, -0.2) is 24.3 Å². The highest BCUT2D eigenvalue weighted by Gasteiger charge is 2.39. The maximum atomic E-state index is 9.14. The van der Waals surface area contributed by atoms with Crippen LogP contribution in [0.4, 0.5) is 0 Å². The summed E-state index contributed by atoms with van der Waals surface area (Å²) in [7, 11) is 0. The van der Waals surface area contributed by atoms with Gasteiger partial charge in [-0.05, 0) is 49.4 Å². The van der Waals surface area contributed by atoms with Crippen LogP contribution in [0, 0.1) is 17.3 Å². The second-order valence-corrected chi connectivity index (χ2v) is 6.32. The third-order valence-electron chi connectivity index (χ3n) is 4.62. The lowest BCUT2D eigenvalue weighted by Crippen LogP contribution is -2.46. The topological polar surface area (TPSA) is 32.3 Å². The van der Waals surface area contributed by atoms with E-state index in [4.69, 9.17) is 5.11 Å². The van der Waals surface area contributed by atoms with Crippen molar-refractivity contribution in [2.24, 2.45) is 17.3 Å². The molecule has 0 aromatic carbocycles. The van der Waals surface area contributed by atoms with Crippen molar-refractivity contribution >= 4 is 0 Å². The van der Waals surface area contributed by atoms with E-state index in [2.05, 4.69) is 19.2 Å². The first-order valence-corrected chi connectivity index (χ1v) is 7.01. The summed E-state index contributed by atoms with van der Waals surface area (Å²) in [6, 6.07) is 0.719. The van der Waals surface area contributed by atoms with E-state index >= 15 is 0 Å². The molecule has 1 unspecified atom stereocenters. The van der Waals surface area contributed by atoms with Crippen LogP contribution < -0.4 is 5.32 Å². The molecule has 2 nitrogen and oxygen atoms in total. The van der Waals surface area contributed by atoms with Crippen LogP contribution in [0.25, 0.3) is 0 Å². The summed E-state index contributed by atoms with van der Waals surface area (Å²) in [5.74, 6) is 1.69. The van der Waals surface area contributed by atoms with Gasteiger partial charge in [0.2, 0.25) is 0 Å². The molecule has 2 rings (SSSR count). The molecule has 2 aliphatic rings. The molecular weight excluding hydrogens is 198 g/mol. The average Bonchev–Trinajstić information content (AvgIpc) is 2.97. The van der Waals surface area contributed by atoms with Crippen molar-refractivity contribution in [3.8, 4) is 0 Å². The van der Waals surface area contributed by atoms with E-state index in [0.29, 0.717) is 12.0 Å². The van der Waals surface area contributed by atoms with Gasteiger partial charge < -0.3 is 10.4 Å². The fourth-order valence-corrected chi connectivity index (χ4v) is 3.17. The Morgan fingerprint density at radius 1 is 1.31 bits per heavy atom. The predicted molar refractivity (Wildman–Crippen MR) is 67.3 cm³/mol. The molecular formula is C14H27NO. The first kappa shape index (κ1) is 12.4. The lowest BCUT2D eigenvalue weighted by Gasteiger charge is -2.43. The molecule has 0 radical (unpaired) electrons. The molecule has 1 atom stereocenters. The molecule has 2 saturated carbocycles. The largest absolute Gasteiger partial charge is 0.396 e. The second-order valence-electron chi connectivity index (χ2n) is 6.32. The molecule has 2 aliphatic carbocycles. The first-order chi connectivity index (χ1) is 7.67. The van der Waals surface area contributed by atoms with Crippen molar-refractivity contribution in [1.29, 1.82) is 0 Å². The third kappa shape index (κ3) is 2.78. The zero-order valence-electron chi connectivity index (χ0n) is 10.8. The SMILES string of the molecule is CC(C)C(NCC1(CCO)CCC1)C1CC1.